The number of aliphatic hydroxyl groups excluding tert-OH is 1. The van der Waals surface area contributed by atoms with Crippen LogP contribution in [0.25, 0.3) is 0 Å². The van der Waals surface area contributed by atoms with Crippen molar-refractivity contribution < 1.29 is 9.90 Å². The Bertz CT molecular complexity index is 564. The monoisotopic (exact) mass is 336 g/mol. The number of carbonyl (C=O) groups excluding carboxylic acids is 1. The van der Waals surface area contributed by atoms with E-state index in [-0.39, 0.29) is 18.2 Å². The van der Waals surface area contributed by atoms with Gasteiger partial charge in [0.2, 0.25) is 0 Å². The molecular formula is C18H25ClN2O2. The molecule has 4 nitrogen and oxygen atoms in total. The van der Waals surface area contributed by atoms with Gasteiger partial charge in [-0.3, -0.25) is 0 Å². The minimum Gasteiger partial charge on any atom is -0.393 e. The van der Waals surface area contributed by atoms with E-state index in [4.69, 9.17) is 11.6 Å². The van der Waals surface area contributed by atoms with Crippen LogP contribution in [0.5, 0.6) is 0 Å². The molecule has 1 saturated carbocycles. The summed E-state index contributed by atoms with van der Waals surface area (Å²) in [5.41, 5.74) is 2.50. The van der Waals surface area contributed by atoms with Gasteiger partial charge in [0.1, 0.15) is 0 Å². The van der Waals surface area contributed by atoms with Gasteiger partial charge in [-0.15, -0.1) is 0 Å². The van der Waals surface area contributed by atoms with E-state index >= 15 is 0 Å². The van der Waals surface area contributed by atoms with Crippen molar-refractivity contribution in [3.05, 3.63) is 34.3 Å². The summed E-state index contributed by atoms with van der Waals surface area (Å²) in [6.07, 6.45) is 6.65. The normalized spacial score (nSPS) is 26.6. The molecule has 5 heteroatoms. The number of halogens is 1. The minimum atomic E-state index is -0.192. The molecule has 0 aliphatic heterocycles. The number of urea groups is 1. The molecular weight excluding hydrogens is 312 g/mol. The number of fused-ring (bicyclic) bond motifs is 1. The van der Waals surface area contributed by atoms with Crippen molar-refractivity contribution >= 4 is 17.6 Å². The molecule has 1 aromatic carbocycles. The largest absolute Gasteiger partial charge is 0.393 e. The molecule has 2 amide bonds. The summed E-state index contributed by atoms with van der Waals surface area (Å²) in [5, 5.41) is 16.7. The zero-order chi connectivity index (χ0) is 16.2. The van der Waals surface area contributed by atoms with Crippen LogP contribution in [0, 0.1) is 5.92 Å². The number of amides is 2. The van der Waals surface area contributed by atoms with Gasteiger partial charge in [-0.25, -0.2) is 4.79 Å². The third-order valence-electron chi connectivity index (χ3n) is 5.11. The Labute approximate surface area is 142 Å². The van der Waals surface area contributed by atoms with Gasteiger partial charge in [0.15, 0.2) is 0 Å². The molecule has 2 aliphatic rings. The van der Waals surface area contributed by atoms with Crippen LogP contribution >= 0.6 is 11.6 Å². The molecule has 1 fully saturated rings. The fraction of sp³-hybridized carbons (Fsp3) is 0.611. The first kappa shape index (κ1) is 16.6. The number of rotatable bonds is 4. The van der Waals surface area contributed by atoms with E-state index < -0.39 is 0 Å². The Morgan fingerprint density at radius 3 is 2.83 bits per heavy atom. The number of aliphatic hydroxyl groups is 1. The van der Waals surface area contributed by atoms with Crippen LogP contribution in [-0.4, -0.2) is 29.8 Å². The van der Waals surface area contributed by atoms with Gasteiger partial charge < -0.3 is 15.7 Å². The quantitative estimate of drug-likeness (QED) is 0.791. The molecule has 1 aromatic rings. The highest BCUT2D eigenvalue weighted by molar-refractivity contribution is 6.30. The third-order valence-corrected chi connectivity index (χ3v) is 5.34. The van der Waals surface area contributed by atoms with Gasteiger partial charge in [-0.2, -0.15) is 0 Å². The van der Waals surface area contributed by atoms with Crippen LogP contribution in [0.15, 0.2) is 18.2 Å². The number of hydrogen-bond donors (Lipinski definition) is 3. The lowest BCUT2D eigenvalue weighted by molar-refractivity contribution is 0.0657. The lowest BCUT2D eigenvalue weighted by atomic mass is 9.84. The molecule has 3 rings (SSSR count). The van der Waals surface area contributed by atoms with Gasteiger partial charge in [-0.1, -0.05) is 30.5 Å². The molecule has 0 radical (unpaired) electrons. The van der Waals surface area contributed by atoms with Crippen LogP contribution in [0.1, 0.15) is 43.2 Å². The average molecular weight is 337 g/mol. The maximum atomic E-state index is 12.0. The van der Waals surface area contributed by atoms with Crippen LogP contribution in [-0.2, 0) is 12.8 Å². The Morgan fingerprint density at radius 2 is 2.00 bits per heavy atom. The number of carbonyl (C=O) groups is 1. The van der Waals surface area contributed by atoms with Crippen molar-refractivity contribution in [1.29, 1.82) is 0 Å². The fourth-order valence-corrected chi connectivity index (χ4v) is 4.02. The number of benzene rings is 1. The molecule has 0 bridgehead atoms. The topological polar surface area (TPSA) is 61.4 Å². The molecule has 3 N–H and O–H groups in total. The summed E-state index contributed by atoms with van der Waals surface area (Å²) in [7, 11) is 0. The van der Waals surface area contributed by atoms with Crippen molar-refractivity contribution in [2.75, 3.05) is 6.54 Å². The van der Waals surface area contributed by atoms with Crippen molar-refractivity contribution in [2.24, 2.45) is 5.92 Å². The molecule has 0 saturated heterocycles. The lowest BCUT2D eigenvalue weighted by Gasteiger charge is -2.27. The Balaban J connectivity index is 1.39. The maximum absolute atomic E-state index is 12.0. The van der Waals surface area contributed by atoms with E-state index in [2.05, 4.69) is 10.6 Å². The van der Waals surface area contributed by atoms with Crippen LogP contribution in [0.3, 0.4) is 0 Å². The Hall–Kier alpha value is -1.26. The highest BCUT2D eigenvalue weighted by Crippen LogP contribution is 2.27. The molecule has 0 spiro atoms. The first-order chi connectivity index (χ1) is 11.1. The lowest BCUT2D eigenvalue weighted by Crippen LogP contribution is -2.43. The van der Waals surface area contributed by atoms with E-state index in [1.54, 1.807) is 0 Å². The summed E-state index contributed by atoms with van der Waals surface area (Å²) in [4.78, 5) is 12.0. The molecule has 3 atom stereocenters. The predicted octanol–water partition coefficient (Wildman–Crippen LogP) is 3.05. The van der Waals surface area contributed by atoms with Crippen molar-refractivity contribution in [1.82, 2.24) is 10.6 Å². The van der Waals surface area contributed by atoms with E-state index in [0.29, 0.717) is 12.5 Å². The average Bonchev–Trinajstić information content (AvgIpc) is 2.90. The maximum Gasteiger partial charge on any atom is 0.315 e. The van der Waals surface area contributed by atoms with Gasteiger partial charge in [0.05, 0.1) is 6.10 Å². The standard InChI is InChI=1S/C18H25ClN2O2/c19-15-6-5-13-10-16(11-14(13)9-15)21-18(23)20-8-7-12-3-1-2-4-17(12)22/h5-6,9,12,16-17,22H,1-4,7-8,10-11H2,(H2,20,21,23)/t12-,16?,17-/m1/s1. The van der Waals surface area contributed by atoms with E-state index in [1.807, 2.05) is 18.2 Å². The zero-order valence-corrected chi connectivity index (χ0v) is 14.1. The summed E-state index contributed by atoms with van der Waals surface area (Å²) < 4.78 is 0. The number of nitrogens with one attached hydrogen (secondary N) is 2. The van der Waals surface area contributed by atoms with Crippen LogP contribution in [0.2, 0.25) is 5.02 Å². The predicted molar refractivity (Wildman–Crippen MR) is 91.8 cm³/mol. The second-order valence-corrected chi connectivity index (χ2v) is 7.26. The molecule has 1 unspecified atom stereocenters. The summed E-state index contributed by atoms with van der Waals surface area (Å²) in [5.74, 6) is 0.335. The second-order valence-electron chi connectivity index (χ2n) is 6.82. The highest BCUT2D eigenvalue weighted by atomic mass is 35.5. The summed E-state index contributed by atoms with van der Waals surface area (Å²) in [6.45, 7) is 0.624. The SMILES string of the molecule is O=C(NCC[C@H]1CCCC[C@H]1O)NC1Cc2ccc(Cl)cc2C1. The van der Waals surface area contributed by atoms with Gasteiger partial charge in [0.25, 0.3) is 0 Å². The smallest absolute Gasteiger partial charge is 0.315 e. The van der Waals surface area contributed by atoms with Gasteiger partial charge in [-0.05, 0) is 61.3 Å². The van der Waals surface area contributed by atoms with Gasteiger partial charge in [0, 0.05) is 17.6 Å². The van der Waals surface area contributed by atoms with Crippen molar-refractivity contribution in [3.8, 4) is 0 Å². The Morgan fingerprint density at radius 1 is 1.22 bits per heavy atom. The molecule has 0 aromatic heterocycles. The highest BCUT2D eigenvalue weighted by Gasteiger charge is 2.24. The molecule has 0 heterocycles. The first-order valence-electron chi connectivity index (χ1n) is 8.61. The summed E-state index contributed by atoms with van der Waals surface area (Å²) >= 11 is 6.01. The number of hydrogen-bond acceptors (Lipinski definition) is 2. The third kappa shape index (κ3) is 4.39. The van der Waals surface area contributed by atoms with Gasteiger partial charge >= 0.3 is 6.03 Å². The first-order valence-corrected chi connectivity index (χ1v) is 8.99. The molecule has 23 heavy (non-hydrogen) atoms. The Kier molecular flexibility index (Phi) is 5.44. The summed E-state index contributed by atoms with van der Waals surface area (Å²) in [6, 6.07) is 5.96. The van der Waals surface area contributed by atoms with Crippen LogP contribution in [0.4, 0.5) is 4.79 Å². The van der Waals surface area contributed by atoms with Crippen molar-refractivity contribution in [3.63, 3.8) is 0 Å². The second kappa shape index (κ2) is 7.54. The van der Waals surface area contributed by atoms with E-state index in [0.717, 1.165) is 43.5 Å². The van der Waals surface area contributed by atoms with Crippen molar-refractivity contribution in [2.45, 2.75) is 57.1 Å². The molecule has 126 valence electrons. The minimum absolute atomic E-state index is 0.112. The van der Waals surface area contributed by atoms with E-state index in [9.17, 15) is 9.90 Å². The fourth-order valence-electron chi connectivity index (χ4n) is 3.82. The molecule has 2 aliphatic carbocycles. The zero-order valence-electron chi connectivity index (χ0n) is 13.4. The van der Waals surface area contributed by atoms with E-state index in [1.165, 1.54) is 17.5 Å². The van der Waals surface area contributed by atoms with Crippen LogP contribution < -0.4 is 10.6 Å².